The van der Waals surface area contributed by atoms with Crippen molar-refractivity contribution in [3.8, 4) is 0 Å². The molecule has 0 bridgehead atoms. The Balaban J connectivity index is 2.38. The number of anilines is 2. The van der Waals surface area contributed by atoms with E-state index in [9.17, 15) is 13.2 Å². The van der Waals surface area contributed by atoms with Gasteiger partial charge < -0.3 is 5.32 Å². The normalized spacial score (nSPS) is 10.8. The highest BCUT2D eigenvalue weighted by atomic mass is 32.2. The molecule has 5 nitrogen and oxygen atoms in total. The Labute approximate surface area is 136 Å². The van der Waals surface area contributed by atoms with Crippen molar-refractivity contribution >= 4 is 27.3 Å². The number of carbonyl (C=O) groups is 1. The lowest BCUT2D eigenvalue weighted by Crippen LogP contribution is -2.31. The number of para-hydroxylation sites is 1. The van der Waals surface area contributed by atoms with Crippen molar-refractivity contribution in [1.29, 1.82) is 0 Å². The number of hydrogen-bond acceptors (Lipinski definition) is 3. The first-order valence-corrected chi connectivity index (χ1v) is 8.45. The Morgan fingerprint density at radius 2 is 1.74 bits per heavy atom. The Bertz CT molecular complexity index is 784. The fraction of sp³-hybridized carbons (Fsp3) is 0.118. The van der Waals surface area contributed by atoms with Gasteiger partial charge in [-0.25, -0.2) is 8.42 Å². The van der Waals surface area contributed by atoms with Crippen LogP contribution in [0.1, 0.15) is 6.92 Å². The first kappa shape index (κ1) is 16.8. The second kappa shape index (κ2) is 7.11. The summed E-state index contributed by atoms with van der Waals surface area (Å²) in [6.45, 7) is 5.19. The summed E-state index contributed by atoms with van der Waals surface area (Å²) in [6, 6.07) is 14.9. The molecule has 6 heteroatoms. The van der Waals surface area contributed by atoms with E-state index in [-0.39, 0.29) is 17.3 Å². The number of carbonyl (C=O) groups excluding carboxylic acids is 1. The van der Waals surface area contributed by atoms with E-state index < -0.39 is 10.0 Å². The molecule has 0 saturated carbocycles. The maximum absolute atomic E-state index is 12.8. The van der Waals surface area contributed by atoms with Gasteiger partial charge in [-0.1, -0.05) is 24.3 Å². The standard InChI is InChI=1S/C17H18N2O3S/c1-3-13-19(16-7-5-4-6-8-16)23(21,22)17-11-9-15(10-12-17)18-14(2)20/h3-12H,1,13H2,2H3,(H,18,20). The number of amides is 1. The molecule has 0 aliphatic rings. The summed E-state index contributed by atoms with van der Waals surface area (Å²) in [4.78, 5) is 11.2. The summed E-state index contributed by atoms with van der Waals surface area (Å²) in [6.07, 6.45) is 1.54. The predicted molar refractivity (Wildman–Crippen MR) is 91.9 cm³/mol. The second-order valence-electron chi connectivity index (χ2n) is 4.87. The van der Waals surface area contributed by atoms with Gasteiger partial charge in [-0.2, -0.15) is 0 Å². The Morgan fingerprint density at radius 3 is 2.26 bits per heavy atom. The van der Waals surface area contributed by atoms with E-state index in [4.69, 9.17) is 0 Å². The molecule has 2 aromatic rings. The van der Waals surface area contributed by atoms with Crippen LogP contribution < -0.4 is 9.62 Å². The van der Waals surface area contributed by atoms with Gasteiger partial charge in [-0.05, 0) is 36.4 Å². The highest BCUT2D eigenvalue weighted by Gasteiger charge is 2.23. The van der Waals surface area contributed by atoms with Crippen LogP contribution in [0.4, 0.5) is 11.4 Å². The van der Waals surface area contributed by atoms with Crippen molar-refractivity contribution in [2.75, 3.05) is 16.2 Å². The molecule has 23 heavy (non-hydrogen) atoms. The van der Waals surface area contributed by atoms with Crippen molar-refractivity contribution in [2.24, 2.45) is 0 Å². The Hall–Kier alpha value is -2.60. The van der Waals surface area contributed by atoms with Crippen LogP contribution in [0.15, 0.2) is 72.1 Å². The van der Waals surface area contributed by atoms with Gasteiger partial charge in [-0.3, -0.25) is 9.10 Å². The van der Waals surface area contributed by atoms with E-state index in [0.29, 0.717) is 11.4 Å². The van der Waals surface area contributed by atoms with Gasteiger partial charge in [0, 0.05) is 12.6 Å². The lowest BCUT2D eigenvalue weighted by atomic mass is 10.3. The minimum Gasteiger partial charge on any atom is -0.326 e. The van der Waals surface area contributed by atoms with Crippen LogP contribution in [-0.4, -0.2) is 20.9 Å². The molecular formula is C17H18N2O3S. The van der Waals surface area contributed by atoms with Gasteiger partial charge in [0.15, 0.2) is 0 Å². The number of nitrogens with zero attached hydrogens (tertiary/aromatic N) is 1. The molecular weight excluding hydrogens is 312 g/mol. The largest absolute Gasteiger partial charge is 0.326 e. The van der Waals surface area contributed by atoms with Crippen molar-refractivity contribution in [1.82, 2.24) is 0 Å². The van der Waals surface area contributed by atoms with Crippen LogP contribution in [-0.2, 0) is 14.8 Å². The Kier molecular flexibility index (Phi) is 5.18. The summed E-state index contributed by atoms with van der Waals surface area (Å²) >= 11 is 0. The van der Waals surface area contributed by atoms with Crippen LogP contribution in [0.3, 0.4) is 0 Å². The third-order valence-corrected chi connectivity index (χ3v) is 4.91. The van der Waals surface area contributed by atoms with Gasteiger partial charge in [0.2, 0.25) is 5.91 Å². The summed E-state index contributed by atoms with van der Waals surface area (Å²) in [5, 5.41) is 2.61. The average molecular weight is 330 g/mol. The minimum atomic E-state index is -3.71. The highest BCUT2D eigenvalue weighted by Crippen LogP contribution is 2.24. The van der Waals surface area contributed by atoms with E-state index in [1.165, 1.54) is 29.4 Å². The molecule has 1 amide bonds. The molecule has 0 aliphatic heterocycles. The monoisotopic (exact) mass is 330 g/mol. The summed E-state index contributed by atoms with van der Waals surface area (Å²) < 4.78 is 27.0. The average Bonchev–Trinajstić information content (AvgIpc) is 2.53. The van der Waals surface area contributed by atoms with E-state index in [0.717, 1.165) is 0 Å². The zero-order valence-corrected chi connectivity index (χ0v) is 13.6. The van der Waals surface area contributed by atoms with E-state index in [1.54, 1.807) is 36.4 Å². The number of rotatable bonds is 6. The fourth-order valence-corrected chi connectivity index (χ4v) is 3.53. The molecule has 0 spiro atoms. The highest BCUT2D eigenvalue weighted by molar-refractivity contribution is 7.92. The number of hydrogen-bond donors (Lipinski definition) is 1. The lowest BCUT2D eigenvalue weighted by molar-refractivity contribution is -0.114. The molecule has 0 saturated heterocycles. The lowest BCUT2D eigenvalue weighted by Gasteiger charge is -2.23. The van der Waals surface area contributed by atoms with Crippen molar-refractivity contribution in [3.63, 3.8) is 0 Å². The number of sulfonamides is 1. The zero-order chi connectivity index (χ0) is 16.9. The smallest absolute Gasteiger partial charge is 0.264 e. The molecule has 2 aromatic carbocycles. The van der Waals surface area contributed by atoms with Crippen LogP contribution in [0.5, 0.6) is 0 Å². The van der Waals surface area contributed by atoms with Crippen molar-refractivity contribution in [2.45, 2.75) is 11.8 Å². The number of benzene rings is 2. The molecule has 0 radical (unpaired) electrons. The molecule has 0 heterocycles. The quantitative estimate of drug-likeness (QED) is 0.828. The third kappa shape index (κ3) is 3.98. The molecule has 120 valence electrons. The summed E-state index contributed by atoms with van der Waals surface area (Å²) in [5.41, 5.74) is 1.12. The molecule has 0 atom stereocenters. The van der Waals surface area contributed by atoms with Crippen LogP contribution in [0.25, 0.3) is 0 Å². The zero-order valence-electron chi connectivity index (χ0n) is 12.8. The van der Waals surface area contributed by atoms with E-state index in [1.807, 2.05) is 6.07 Å². The van der Waals surface area contributed by atoms with Gasteiger partial charge in [0.1, 0.15) is 0 Å². The van der Waals surface area contributed by atoms with Gasteiger partial charge in [-0.15, -0.1) is 6.58 Å². The molecule has 1 N–H and O–H groups in total. The summed E-state index contributed by atoms with van der Waals surface area (Å²) in [7, 11) is -3.71. The molecule has 0 aliphatic carbocycles. The second-order valence-corrected chi connectivity index (χ2v) is 6.73. The predicted octanol–water partition coefficient (Wildman–Crippen LogP) is 3.03. The maximum atomic E-state index is 12.8. The van der Waals surface area contributed by atoms with Crippen LogP contribution >= 0.6 is 0 Å². The maximum Gasteiger partial charge on any atom is 0.264 e. The van der Waals surface area contributed by atoms with Crippen molar-refractivity contribution in [3.05, 3.63) is 67.3 Å². The van der Waals surface area contributed by atoms with E-state index >= 15 is 0 Å². The first-order valence-electron chi connectivity index (χ1n) is 7.01. The van der Waals surface area contributed by atoms with Gasteiger partial charge >= 0.3 is 0 Å². The van der Waals surface area contributed by atoms with E-state index in [2.05, 4.69) is 11.9 Å². The fourth-order valence-electron chi connectivity index (χ4n) is 2.09. The third-order valence-electron chi connectivity index (χ3n) is 3.10. The molecule has 0 unspecified atom stereocenters. The summed E-state index contributed by atoms with van der Waals surface area (Å²) in [5.74, 6) is -0.210. The molecule has 0 aromatic heterocycles. The molecule has 0 fully saturated rings. The topological polar surface area (TPSA) is 66.5 Å². The Morgan fingerprint density at radius 1 is 1.13 bits per heavy atom. The van der Waals surface area contributed by atoms with Crippen molar-refractivity contribution < 1.29 is 13.2 Å². The van der Waals surface area contributed by atoms with Crippen LogP contribution in [0, 0.1) is 0 Å². The SMILES string of the molecule is C=CCN(c1ccccc1)S(=O)(=O)c1ccc(NC(C)=O)cc1. The van der Waals surface area contributed by atoms with Gasteiger partial charge in [0.05, 0.1) is 17.1 Å². The first-order chi connectivity index (χ1) is 10.9. The number of nitrogens with one attached hydrogen (secondary N) is 1. The van der Waals surface area contributed by atoms with Crippen LogP contribution in [0.2, 0.25) is 0 Å². The molecule has 2 rings (SSSR count). The van der Waals surface area contributed by atoms with Gasteiger partial charge in [0.25, 0.3) is 10.0 Å². The minimum absolute atomic E-state index is 0.150.